The van der Waals surface area contributed by atoms with E-state index in [1.165, 1.54) is 16.7 Å². The molecule has 90 valence electrons. The second-order valence-corrected chi connectivity index (χ2v) is 5.64. The van der Waals surface area contributed by atoms with Gasteiger partial charge in [-0.15, -0.1) is 0 Å². The van der Waals surface area contributed by atoms with Crippen molar-refractivity contribution in [2.24, 2.45) is 5.14 Å². The quantitative estimate of drug-likeness (QED) is 0.746. The van der Waals surface area contributed by atoms with Gasteiger partial charge in [0, 0.05) is 13.1 Å². The lowest BCUT2D eigenvalue weighted by Gasteiger charge is -2.09. The van der Waals surface area contributed by atoms with E-state index < -0.39 is 10.0 Å². The summed E-state index contributed by atoms with van der Waals surface area (Å²) in [4.78, 5) is 0. The highest BCUT2D eigenvalue weighted by Gasteiger charge is 2.03. The largest absolute Gasteiger partial charge is 0.312 e. The first-order valence-corrected chi connectivity index (χ1v) is 6.88. The molecule has 0 aromatic heterocycles. The van der Waals surface area contributed by atoms with Crippen molar-refractivity contribution >= 4 is 10.0 Å². The Kier molecular flexibility index (Phi) is 4.46. The fourth-order valence-electron chi connectivity index (χ4n) is 1.44. The Morgan fingerprint density at radius 3 is 2.62 bits per heavy atom. The van der Waals surface area contributed by atoms with Crippen molar-refractivity contribution in [1.82, 2.24) is 5.32 Å². The molecule has 0 fully saturated rings. The van der Waals surface area contributed by atoms with E-state index in [-0.39, 0.29) is 5.75 Å². The molecule has 0 unspecified atom stereocenters. The van der Waals surface area contributed by atoms with Crippen LogP contribution in [-0.4, -0.2) is 20.7 Å². The van der Waals surface area contributed by atoms with Crippen LogP contribution in [-0.2, 0) is 16.6 Å². The van der Waals surface area contributed by atoms with E-state index in [0.29, 0.717) is 13.1 Å². The van der Waals surface area contributed by atoms with Gasteiger partial charge < -0.3 is 5.32 Å². The Bertz CT molecular complexity index is 455. The number of nitrogens with one attached hydrogen (secondary N) is 1. The molecule has 1 rings (SSSR count). The molecule has 0 aliphatic heterocycles. The van der Waals surface area contributed by atoms with Crippen molar-refractivity contribution in [3.8, 4) is 0 Å². The third-order valence-corrected chi connectivity index (χ3v) is 3.37. The van der Waals surface area contributed by atoms with Gasteiger partial charge in [0.2, 0.25) is 10.0 Å². The summed E-state index contributed by atoms with van der Waals surface area (Å²) >= 11 is 0. The number of aryl methyl sites for hydroxylation is 1. The maximum Gasteiger partial charge on any atom is 0.210 e. The smallest absolute Gasteiger partial charge is 0.210 e. The number of nitrogens with two attached hydrogens (primary N) is 1. The van der Waals surface area contributed by atoms with Crippen LogP contribution in [0.4, 0.5) is 0 Å². The first kappa shape index (κ1) is 13.2. The van der Waals surface area contributed by atoms with Gasteiger partial charge in [0.05, 0.1) is 5.75 Å². The second-order valence-electron chi connectivity index (χ2n) is 3.90. The molecular formula is C11H18N2O2S. The summed E-state index contributed by atoms with van der Waals surface area (Å²) in [6.45, 7) is 5.17. The first-order chi connectivity index (χ1) is 7.40. The van der Waals surface area contributed by atoms with Gasteiger partial charge in [0.25, 0.3) is 0 Å². The van der Waals surface area contributed by atoms with E-state index in [1.54, 1.807) is 0 Å². The van der Waals surface area contributed by atoms with Crippen LogP contribution in [0.1, 0.15) is 16.7 Å². The Labute approximate surface area is 96.9 Å². The van der Waals surface area contributed by atoms with E-state index >= 15 is 0 Å². The molecule has 0 aliphatic rings. The zero-order chi connectivity index (χ0) is 12.2. The number of hydrogen-bond acceptors (Lipinski definition) is 3. The number of hydrogen-bond donors (Lipinski definition) is 2. The zero-order valence-electron chi connectivity index (χ0n) is 9.66. The highest BCUT2D eigenvalue weighted by atomic mass is 32.2. The number of sulfonamides is 1. The van der Waals surface area contributed by atoms with Crippen LogP contribution < -0.4 is 10.5 Å². The van der Waals surface area contributed by atoms with E-state index in [9.17, 15) is 8.42 Å². The molecular weight excluding hydrogens is 224 g/mol. The summed E-state index contributed by atoms with van der Waals surface area (Å²) in [7, 11) is -3.36. The second kappa shape index (κ2) is 5.43. The Balaban J connectivity index is 2.47. The predicted octanol–water partition coefficient (Wildman–Crippen LogP) is 0.682. The van der Waals surface area contributed by atoms with Gasteiger partial charge in [-0.1, -0.05) is 18.2 Å². The lowest BCUT2D eigenvalue weighted by Crippen LogP contribution is -2.27. The van der Waals surface area contributed by atoms with Gasteiger partial charge >= 0.3 is 0 Å². The molecule has 0 saturated heterocycles. The van der Waals surface area contributed by atoms with Crippen molar-refractivity contribution in [2.45, 2.75) is 20.4 Å². The average molecular weight is 242 g/mol. The van der Waals surface area contributed by atoms with Crippen LogP contribution in [0.2, 0.25) is 0 Å². The fourth-order valence-corrected chi connectivity index (χ4v) is 1.87. The summed E-state index contributed by atoms with van der Waals surface area (Å²) in [5.74, 6) is -0.0299. The maximum absolute atomic E-state index is 10.7. The summed E-state index contributed by atoms with van der Waals surface area (Å²) in [5.41, 5.74) is 3.67. The molecule has 0 heterocycles. The lowest BCUT2D eigenvalue weighted by atomic mass is 10.0. The number of primary sulfonamides is 1. The molecule has 0 atom stereocenters. The van der Waals surface area contributed by atoms with Gasteiger partial charge in [-0.2, -0.15) is 0 Å². The van der Waals surface area contributed by atoms with E-state index in [2.05, 4.69) is 25.2 Å². The predicted molar refractivity (Wildman–Crippen MR) is 65.6 cm³/mol. The van der Waals surface area contributed by atoms with Gasteiger partial charge in [-0.25, -0.2) is 13.6 Å². The van der Waals surface area contributed by atoms with Crippen LogP contribution in [0.15, 0.2) is 18.2 Å². The molecule has 0 saturated carbocycles. The van der Waals surface area contributed by atoms with Crippen LogP contribution in [0, 0.1) is 13.8 Å². The van der Waals surface area contributed by atoms with Gasteiger partial charge in [-0.3, -0.25) is 0 Å². The number of rotatable bonds is 5. The minimum absolute atomic E-state index is 0.0299. The summed E-state index contributed by atoms with van der Waals surface area (Å²) in [5, 5.41) is 7.97. The Morgan fingerprint density at radius 1 is 1.31 bits per heavy atom. The molecule has 0 bridgehead atoms. The fraction of sp³-hybridized carbons (Fsp3) is 0.455. The van der Waals surface area contributed by atoms with E-state index in [0.717, 1.165) is 0 Å². The minimum atomic E-state index is -3.36. The van der Waals surface area contributed by atoms with Crippen molar-refractivity contribution in [3.63, 3.8) is 0 Å². The van der Waals surface area contributed by atoms with Gasteiger partial charge in [0.15, 0.2) is 0 Å². The molecule has 16 heavy (non-hydrogen) atoms. The summed E-state index contributed by atoms with van der Waals surface area (Å²) in [6, 6.07) is 6.09. The van der Waals surface area contributed by atoms with Crippen molar-refractivity contribution in [1.29, 1.82) is 0 Å². The molecule has 3 N–H and O–H groups in total. The Morgan fingerprint density at radius 2 is 2.00 bits per heavy atom. The highest BCUT2D eigenvalue weighted by molar-refractivity contribution is 7.89. The topological polar surface area (TPSA) is 72.2 Å². The van der Waals surface area contributed by atoms with Crippen LogP contribution in [0.25, 0.3) is 0 Å². The molecule has 1 aromatic carbocycles. The zero-order valence-corrected chi connectivity index (χ0v) is 10.5. The molecule has 4 nitrogen and oxygen atoms in total. The normalized spacial score (nSPS) is 11.7. The van der Waals surface area contributed by atoms with Crippen molar-refractivity contribution in [3.05, 3.63) is 34.9 Å². The van der Waals surface area contributed by atoms with Gasteiger partial charge in [0.1, 0.15) is 0 Å². The van der Waals surface area contributed by atoms with Crippen LogP contribution in [0.3, 0.4) is 0 Å². The highest BCUT2D eigenvalue weighted by Crippen LogP contribution is 2.11. The van der Waals surface area contributed by atoms with Crippen molar-refractivity contribution < 1.29 is 8.42 Å². The first-order valence-electron chi connectivity index (χ1n) is 5.16. The lowest BCUT2D eigenvalue weighted by molar-refractivity contribution is 0.592. The monoisotopic (exact) mass is 242 g/mol. The summed E-state index contributed by atoms with van der Waals surface area (Å²) < 4.78 is 21.4. The maximum atomic E-state index is 10.7. The van der Waals surface area contributed by atoms with E-state index in [1.807, 2.05) is 12.1 Å². The molecule has 5 heteroatoms. The number of benzene rings is 1. The third-order valence-electron chi connectivity index (χ3n) is 2.60. The molecule has 0 aliphatic carbocycles. The minimum Gasteiger partial charge on any atom is -0.312 e. The molecule has 1 aromatic rings. The molecule has 0 spiro atoms. The standard InChI is InChI=1S/C11H18N2O2S/c1-9-4-3-5-11(10(9)2)8-13-6-7-16(12,14)15/h3-5,13H,6-8H2,1-2H3,(H2,12,14,15). The van der Waals surface area contributed by atoms with Crippen LogP contribution >= 0.6 is 0 Å². The SMILES string of the molecule is Cc1cccc(CNCCS(N)(=O)=O)c1C. The average Bonchev–Trinajstić information content (AvgIpc) is 2.17. The molecule has 0 radical (unpaired) electrons. The van der Waals surface area contributed by atoms with Crippen LogP contribution in [0.5, 0.6) is 0 Å². The summed E-state index contributed by atoms with van der Waals surface area (Å²) in [6.07, 6.45) is 0. The third kappa shape index (κ3) is 4.30. The Hall–Kier alpha value is -0.910. The van der Waals surface area contributed by atoms with Gasteiger partial charge in [-0.05, 0) is 30.5 Å². The van der Waals surface area contributed by atoms with Crippen molar-refractivity contribution in [2.75, 3.05) is 12.3 Å². The molecule has 0 amide bonds. The van der Waals surface area contributed by atoms with E-state index in [4.69, 9.17) is 5.14 Å².